The van der Waals surface area contributed by atoms with Crippen LogP contribution >= 0.6 is 0 Å². The molecule has 7 nitrogen and oxygen atoms in total. The molecule has 2 heterocycles. The number of hydrogen-bond acceptors (Lipinski definition) is 4. The average Bonchev–Trinajstić information content (AvgIpc) is 2.70. The summed E-state index contributed by atoms with van der Waals surface area (Å²) in [5, 5.41) is 10.9. The van der Waals surface area contributed by atoms with E-state index in [9.17, 15) is 9.59 Å². The van der Waals surface area contributed by atoms with Gasteiger partial charge in [0.25, 0.3) is 11.5 Å². The zero-order valence-electron chi connectivity index (χ0n) is 11.8. The molecular weight excluding hydrogens is 258 g/mol. The number of rotatable bonds is 4. The minimum atomic E-state index is -0.363. The van der Waals surface area contributed by atoms with E-state index in [0.717, 1.165) is 12.1 Å². The molecular formula is C13H17N5O2. The highest BCUT2D eigenvalue weighted by atomic mass is 16.2. The minimum absolute atomic E-state index is 0.205. The molecule has 2 aromatic heterocycles. The number of carbonyl (C=O) groups is 1. The van der Waals surface area contributed by atoms with Crippen molar-refractivity contribution in [2.24, 2.45) is 7.05 Å². The number of hydrogen-bond donors (Lipinski definition) is 1. The summed E-state index contributed by atoms with van der Waals surface area (Å²) in [6.45, 7) is 4.28. The van der Waals surface area contributed by atoms with Crippen LogP contribution in [0, 0.1) is 6.92 Å². The van der Waals surface area contributed by atoms with Crippen molar-refractivity contribution < 1.29 is 4.79 Å². The van der Waals surface area contributed by atoms with Gasteiger partial charge in [-0.15, -0.1) is 0 Å². The first-order valence-electron chi connectivity index (χ1n) is 6.41. The molecule has 2 rings (SSSR count). The molecule has 7 heteroatoms. The number of nitrogens with one attached hydrogen (secondary N) is 1. The van der Waals surface area contributed by atoms with Crippen LogP contribution in [0.25, 0.3) is 0 Å². The summed E-state index contributed by atoms with van der Waals surface area (Å²) in [6, 6.07) is 4.54. The first kappa shape index (κ1) is 14.0. The molecule has 0 saturated heterocycles. The first-order valence-corrected chi connectivity index (χ1v) is 6.41. The second-order valence-corrected chi connectivity index (χ2v) is 4.53. The average molecular weight is 275 g/mol. The molecule has 2 aromatic rings. The lowest BCUT2D eigenvalue weighted by Crippen LogP contribution is -2.26. The number of amides is 1. The Kier molecular flexibility index (Phi) is 3.97. The molecule has 0 aliphatic heterocycles. The maximum Gasteiger partial charge on any atom is 0.277 e. The molecule has 0 aromatic carbocycles. The predicted molar refractivity (Wildman–Crippen MR) is 74.7 cm³/mol. The summed E-state index contributed by atoms with van der Waals surface area (Å²) < 4.78 is 2.87. The van der Waals surface area contributed by atoms with Crippen molar-refractivity contribution in [1.29, 1.82) is 0 Å². The van der Waals surface area contributed by atoms with E-state index in [1.165, 1.54) is 16.8 Å². The third kappa shape index (κ3) is 2.93. The minimum Gasteiger partial charge on any atom is -0.305 e. The molecule has 1 N–H and O–H groups in total. The first-order chi connectivity index (χ1) is 9.51. The Morgan fingerprint density at radius 3 is 2.70 bits per heavy atom. The molecule has 0 spiro atoms. The van der Waals surface area contributed by atoms with E-state index in [1.54, 1.807) is 17.8 Å². The Morgan fingerprint density at radius 1 is 1.35 bits per heavy atom. The topological polar surface area (TPSA) is 81.8 Å². The van der Waals surface area contributed by atoms with Gasteiger partial charge in [-0.2, -0.15) is 10.2 Å². The van der Waals surface area contributed by atoms with Crippen molar-refractivity contribution in [3.05, 3.63) is 39.9 Å². The molecule has 0 aliphatic carbocycles. The third-order valence-electron chi connectivity index (χ3n) is 2.78. The number of carbonyl (C=O) groups excluding carboxylic acids is 1. The van der Waals surface area contributed by atoms with Crippen LogP contribution in [0.1, 0.15) is 29.5 Å². The van der Waals surface area contributed by atoms with Crippen molar-refractivity contribution in [1.82, 2.24) is 19.6 Å². The van der Waals surface area contributed by atoms with E-state index in [0.29, 0.717) is 12.4 Å². The summed E-state index contributed by atoms with van der Waals surface area (Å²) in [7, 11) is 1.74. The predicted octanol–water partition coefficient (Wildman–Crippen LogP) is 0.948. The van der Waals surface area contributed by atoms with Gasteiger partial charge in [0.15, 0.2) is 0 Å². The fourth-order valence-electron chi connectivity index (χ4n) is 1.85. The van der Waals surface area contributed by atoms with Crippen molar-refractivity contribution >= 4 is 11.7 Å². The van der Waals surface area contributed by atoms with Gasteiger partial charge < -0.3 is 5.32 Å². The lowest BCUT2D eigenvalue weighted by atomic mass is 10.3. The van der Waals surface area contributed by atoms with E-state index in [1.807, 2.05) is 13.8 Å². The summed E-state index contributed by atoms with van der Waals surface area (Å²) in [5.74, 6) is 0.223. The van der Waals surface area contributed by atoms with Crippen LogP contribution in [0.5, 0.6) is 0 Å². The standard InChI is InChI=1S/C13H17N5O2/c1-4-7-18-12(19)6-5-10(16-18)13(20)14-11-8-9(2)15-17(11)3/h5-6,8H,4,7H2,1-3H3,(H,14,20). The Hall–Kier alpha value is -2.44. The van der Waals surface area contributed by atoms with Crippen molar-refractivity contribution in [3.63, 3.8) is 0 Å². The molecule has 1 amide bonds. The lowest BCUT2D eigenvalue weighted by Gasteiger charge is -2.07. The zero-order chi connectivity index (χ0) is 14.7. The van der Waals surface area contributed by atoms with Gasteiger partial charge in [0.05, 0.1) is 5.69 Å². The largest absolute Gasteiger partial charge is 0.305 e. The maximum atomic E-state index is 12.1. The van der Waals surface area contributed by atoms with E-state index in [4.69, 9.17) is 0 Å². The molecule has 0 saturated carbocycles. The van der Waals surface area contributed by atoms with Gasteiger partial charge in [-0.3, -0.25) is 14.3 Å². The van der Waals surface area contributed by atoms with E-state index in [-0.39, 0.29) is 17.2 Å². The summed E-state index contributed by atoms with van der Waals surface area (Å²) in [4.78, 5) is 23.7. The molecule has 106 valence electrons. The van der Waals surface area contributed by atoms with Gasteiger partial charge in [0.2, 0.25) is 0 Å². The van der Waals surface area contributed by atoms with Gasteiger partial charge in [-0.25, -0.2) is 4.68 Å². The van der Waals surface area contributed by atoms with Crippen LogP contribution in [0.15, 0.2) is 23.0 Å². The summed E-state index contributed by atoms with van der Waals surface area (Å²) >= 11 is 0. The Balaban J connectivity index is 2.23. The van der Waals surface area contributed by atoms with Gasteiger partial charge in [-0.05, 0) is 19.4 Å². The normalized spacial score (nSPS) is 10.6. The molecule has 0 bridgehead atoms. The highest BCUT2D eigenvalue weighted by Crippen LogP contribution is 2.09. The highest BCUT2D eigenvalue weighted by molar-refractivity contribution is 6.02. The number of nitrogens with zero attached hydrogens (tertiary/aromatic N) is 4. The van der Waals surface area contributed by atoms with Crippen LogP contribution < -0.4 is 10.9 Å². The fourth-order valence-corrected chi connectivity index (χ4v) is 1.85. The second-order valence-electron chi connectivity index (χ2n) is 4.53. The van der Waals surface area contributed by atoms with E-state index >= 15 is 0 Å². The number of aryl methyl sites for hydroxylation is 3. The summed E-state index contributed by atoms with van der Waals surface area (Å²) in [6.07, 6.45) is 0.777. The monoisotopic (exact) mass is 275 g/mol. The Labute approximate surface area is 116 Å². The van der Waals surface area contributed by atoms with Crippen LogP contribution in [-0.2, 0) is 13.6 Å². The van der Waals surface area contributed by atoms with Crippen LogP contribution in [-0.4, -0.2) is 25.5 Å². The third-order valence-corrected chi connectivity index (χ3v) is 2.78. The number of aromatic nitrogens is 4. The number of anilines is 1. The fraction of sp³-hybridized carbons (Fsp3) is 0.385. The van der Waals surface area contributed by atoms with E-state index < -0.39 is 0 Å². The molecule has 20 heavy (non-hydrogen) atoms. The van der Waals surface area contributed by atoms with Crippen LogP contribution in [0.2, 0.25) is 0 Å². The molecule has 0 unspecified atom stereocenters. The Morgan fingerprint density at radius 2 is 2.10 bits per heavy atom. The van der Waals surface area contributed by atoms with Crippen LogP contribution in [0.3, 0.4) is 0 Å². The van der Waals surface area contributed by atoms with Crippen LogP contribution in [0.4, 0.5) is 5.82 Å². The molecule has 0 fully saturated rings. The van der Waals surface area contributed by atoms with Crippen molar-refractivity contribution in [2.45, 2.75) is 26.8 Å². The smallest absolute Gasteiger partial charge is 0.277 e. The van der Waals surface area contributed by atoms with Gasteiger partial charge in [0.1, 0.15) is 11.5 Å². The molecule has 0 aliphatic rings. The second kappa shape index (κ2) is 5.68. The Bertz CT molecular complexity index is 686. The zero-order valence-corrected chi connectivity index (χ0v) is 11.8. The molecule has 0 atom stereocenters. The lowest BCUT2D eigenvalue weighted by molar-refractivity contribution is 0.101. The molecule has 0 radical (unpaired) electrons. The quantitative estimate of drug-likeness (QED) is 0.900. The SMILES string of the molecule is CCCn1nc(C(=O)Nc2cc(C)nn2C)ccc1=O. The van der Waals surface area contributed by atoms with E-state index in [2.05, 4.69) is 15.5 Å². The van der Waals surface area contributed by atoms with Crippen molar-refractivity contribution in [2.75, 3.05) is 5.32 Å². The highest BCUT2D eigenvalue weighted by Gasteiger charge is 2.12. The van der Waals surface area contributed by atoms with Gasteiger partial charge >= 0.3 is 0 Å². The van der Waals surface area contributed by atoms with Gasteiger partial charge in [-0.1, -0.05) is 6.92 Å². The van der Waals surface area contributed by atoms with Gasteiger partial charge in [0, 0.05) is 25.7 Å². The van der Waals surface area contributed by atoms with Crippen molar-refractivity contribution in [3.8, 4) is 0 Å². The maximum absolute atomic E-state index is 12.1. The summed E-state index contributed by atoms with van der Waals surface area (Å²) in [5.41, 5.74) is 0.809.